The lowest BCUT2D eigenvalue weighted by Crippen LogP contribution is -2.35. The second-order valence-electron chi connectivity index (χ2n) is 8.24. The number of fused-ring (bicyclic) bond motifs is 4. The van der Waals surface area contributed by atoms with Crippen LogP contribution in [0.5, 0.6) is 0 Å². The minimum absolute atomic E-state index is 0.0553. The lowest BCUT2D eigenvalue weighted by Gasteiger charge is -2.23. The van der Waals surface area contributed by atoms with Crippen molar-refractivity contribution in [3.8, 4) is 11.3 Å². The highest BCUT2D eigenvalue weighted by molar-refractivity contribution is 5.96. The number of alkyl carbamates (subject to hydrolysis) is 1. The van der Waals surface area contributed by atoms with Crippen molar-refractivity contribution in [2.45, 2.75) is 52.3 Å². The molecule has 0 saturated carbocycles. The van der Waals surface area contributed by atoms with Crippen molar-refractivity contribution in [1.82, 2.24) is 20.1 Å². The number of halogens is 2. The first-order chi connectivity index (χ1) is 14.5. The van der Waals surface area contributed by atoms with Crippen LogP contribution in [0, 0.1) is 5.92 Å². The van der Waals surface area contributed by atoms with Crippen LogP contribution in [0.1, 0.15) is 52.4 Å². The zero-order valence-electron chi connectivity index (χ0n) is 17.7. The highest BCUT2D eigenvalue weighted by atomic mass is 19.3. The number of pyridine rings is 1. The van der Waals surface area contributed by atoms with E-state index in [1.165, 1.54) is 12.4 Å². The molecule has 8 nitrogen and oxygen atoms in total. The number of amides is 2. The van der Waals surface area contributed by atoms with Gasteiger partial charge in [0, 0.05) is 11.8 Å². The molecule has 2 amide bonds. The Labute approximate surface area is 178 Å². The minimum Gasteiger partial charge on any atom is -0.444 e. The van der Waals surface area contributed by atoms with E-state index in [1.54, 1.807) is 52.0 Å². The number of carbonyl (C=O) groups excluding carboxylic acids is 2. The zero-order chi connectivity index (χ0) is 22.8. The molecule has 2 N–H and O–H groups in total. The summed E-state index contributed by atoms with van der Waals surface area (Å²) in [4.78, 5) is 29.2. The maximum atomic E-state index is 13.6. The van der Waals surface area contributed by atoms with E-state index < -0.39 is 30.2 Å². The van der Waals surface area contributed by atoms with E-state index in [1.807, 2.05) is 0 Å². The van der Waals surface area contributed by atoms with Crippen LogP contribution in [0.2, 0.25) is 0 Å². The van der Waals surface area contributed by atoms with E-state index in [0.717, 1.165) is 0 Å². The van der Waals surface area contributed by atoms with Crippen LogP contribution in [0.3, 0.4) is 0 Å². The van der Waals surface area contributed by atoms with E-state index in [0.29, 0.717) is 22.4 Å². The van der Waals surface area contributed by atoms with Gasteiger partial charge in [0.15, 0.2) is 0 Å². The summed E-state index contributed by atoms with van der Waals surface area (Å²) >= 11 is 0. The summed E-state index contributed by atoms with van der Waals surface area (Å²) in [5, 5.41) is 9.17. The van der Waals surface area contributed by atoms with Gasteiger partial charge in [-0.15, -0.1) is 0 Å². The van der Waals surface area contributed by atoms with Gasteiger partial charge in [0.25, 0.3) is 0 Å². The largest absolute Gasteiger partial charge is 0.444 e. The molecule has 3 heterocycles. The number of ether oxygens (including phenoxy) is 1. The van der Waals surface area contributed by atoms with E-state index in [2.05, 4.69) is 20.7 Å². The fourth-order valence-electron chi connectivity index (χ4n) is 3.13. The molecule has 0 unspecified atom stereocenters. The first kappa shape index (κ1) is 22.4. The van der Waals surface area contributed by atoms with Gasteiger partial charge < -0.3 is 15.4 Å². The summed E-state index contributed by atoms with van der Waals surface area (Å²) < 4.78 is 33.0. The molecule has 1 aliphatic rings. The van der Waals surface area contributed by atoms with E-state index in [-0.39, 0.29) is 17.3 Å². The van der Waals surface area contributed by atoms with Crippen molar-refractivity contribution in [2.24, 2.45) is 5.92 Å². The molecular formula is C21H25F2N5O3. The third-order valence-electron chi connectivity index (χ3n) is 4.55. The van der Waals surface area contributed by atoms with Gasteiger partial charge in [-0.25, -0.2) is 9.48 Å². The molecular weight excluding hydrogens is 408 g/mol. The lowest BCUT2D eigenvalue weighted by molar-refractivity contribution is -0.118. The SMILES string of the molecule is C[C@H]1/C=C/C[C@H](NC(=O)OC(C)(C)C)c2cc(ccn2)-c2c(cnn2C(F)F)NC1=O. The normalized spacial score (nSPS) is 20.2. The minimum atomic E-state index is -2.90. The van der Waals surface area contributed by atoms with Crippen molar-refractivity contribution >= 4 is 17.7 Å². The molecule has 3 rings (SSSR count). The zero-order valence-corrected chi connectivity index (χ0v) is 17.7. The Balaban J connectivity index is 2.07. The summed E-state index contributed by atoms with van der Waals surface area (Å²) in [5.41, 5.74) is 0.373. The highest BCUT2D eigenvalue weighted by Gasteiger charge is 2.25. The molecule has 166 valence electrons. The van der Waals surface area contributed by atoms with Gasteiger partial charge in [-0.05, 0) is 39.3 Å². The maximum absolute atomic E-state index is 13.6. The fourth-order valence-corrected chi connectivity index (χ4v) is 3.13. The Hall–Kier alpha value is -3.30. The number of hydrogen-bond acceptors (Lipinski definition) is 5. The molecule has 0 aliphatic carbocycles. The summed E-state index contributed by atoms with van der Waals surface area (Å²) in [5.74, 6) is -0.895. The number of rotatable bonds is 2. The molecule has 0 radical (unpaired) electrons. The van der Waals surface area contributed by atoms with Crippen molar-refractivity contribution in [2.75, 3.05) is 5.32 Å². The molecule has 2 atom stereocenters. The topological polar surface area (TPSA) is 98.1 Å². The predicted octanol–water partition coefficient (Wildman–Crippen LogP) is 4.44. The van der Waals surface area contributed by atoms with E-state index in [4.69, 9.17) is 4.74 Å². The summed E-state index contributed by atoms with van der Waals surface area (Å²) in [6.07, 6.45) is 5.80. The van der Waals surface area contributed by atoms with Crippen LogP contribution < -0.4 is 10.6 Å². The molecule has 10 heteroatoms. The Morgan fingerprint density at radius 3 is 2.81 bits per heavy atom. The Morgan fingerprint density at radius 1 is 1.39 bits per heavy atom. The molecule has 2 bridgehead atoms. The second kappa shape index (κ2) is 8.83. The van der Waals surface area contributed by atoms with Crippen molar-refractivity contribution < 1.29 is 23.1 Å². The van der Waals surface area contributed by atoms with Gasteiger partial charge in [-0.2, -0.15) is 13.9 Å². The van der Waals surface area contributed by atoms with Crippen molar-refractivity contribution in [3.63, 3.8) is 0 Å². The van der Waals surface area contributed by atoms with Crippen molar-refractivity contribution in [3.05, 3.63) is 42.4 Å². The maximum Gasteiger partial charge on any atom is 0.408 e. The molecule has 0 aromatic carbocycles. The van der Waals surface area contributed by atoms with Crippen LogP contribution in [-0.2, 0) is 9.53 Å². The summed E-state index contributed by atoms with van der Waals surface area (Å²) in [7, 11) is 0. The standard InChI is InChI=1S/C21H25F2N5O3/c1-12-6-5-7-14(27-20(30)31-21(2,3)4)15-10-13(8-9-24-15)17-16(26-18(12)29)11-25-28(17)19(22)23/h5-6,8-12,14,19H,7H2,1-4H3,(H,26,29)(H,27,30)/b6-5+/t12-,14-/m0/s1. The monoisotopic (exact) mass is 433 g/mol. The Morgan fingerprint density at radius 2 is 2.13 bits per heavy atom. The molecule has 0 spiro atoms. The quantitative estimate of drug-likeness (QED) is 0.683. The number of nitrogens with one attached hydrogen (secondary N) is 2. The Kier molecular flexibility index (Phi) is 6.37. The van der Waals surface area contributed by atoms with Gasteiger partial charge in [0.05, 0.1) is 35.2 Å². The van der Waals surface area contributed by atoms with Gasteiger partial charge in [-0.3, -0.25) is 9.78 Å². The number of carbonyl (C=O) groups is 2. The molecule has 2 aromatic heterocycles. The van der Waals surface area contributed by atoms with Crippen LogP contribution >= 0.6 is 0 Å². The lowest BCUT2D eigenvalue weighted by atomic mass is 10.0. The molecule has 0 saturated heterocycles. The van der Waals surface area contributed by atoms with Gasteiger partial charge >= 0.3 is 12.6 Å². The first-order valence-corrected chi connectivity index (χ1v) is 9.84. The second-order valence-corrected chi connectivity index (χ2v) is 8.24. The van der Waals surface area contributed by atoms with Crippen LogP contribution in [0.15, 0.2) is 36.7 Å². The molecule has 2 aromatic rings. The fraction of sp³-hybridized carbons (Fsp3) is 0.429. The van der Waals surface area contributed by atoms with Crippen molar-refractivity contribution in [1.29, 1.82) is 0 Å². The van der Waals surface area contributed by atoms with Crippen LogP contribution in [0.25, 0.3) is 11.3 Å². The van der Waals surface area contributed by atoms with Gasteiger partial charge in [-0.1, -0.05) is 19.1 Å². The predicted molar refractivity (Wildman–Crippen MR) is 110 cm³/mol. The number of alkyl halides is 2. The summed E-state index contributed by atoms with van der Waals surface area (Å²) in [6, 6.07) is 2.55. The van der Waals surface area contributed by atoms with Crippen LogP contribution in [-0.4, -0.2) is 32.4 Å². The third-order valence-corrected chi connectivity index (χ3v) is 4.55. The van der Waals surface area contributed by atoms with Crippen LogP contribution in [0.4, 0.5) is 19.3 Å². The Bertz CT molecular complexity index is 997. The molecule has 1 aliphatic heterocycles. The number of anilines is 1. The smallest absolute Gasteiger partial charge is 0.408 e. The third kappa shape index (κ3) is 5.44. The van der Waals surface area contributed by atoms with Gasteiger partial charge in [0.2, 0.25) is 5.91 Å². The number of aromatic nitrogens is 3. The molecule has 31 heavy (non-hydrogen) atoms. The number of hydrogen-bond donors (Lipinski definition) is 2. The number of nitrogens with zero attached hydrogens (tertiary/aromatic N) is 3. The van der Waals surface area contributed by atoms with Gasteiger partial charge in [0.1, 0.15) is 5.60 Å². The van der Waals surface area contributed by atoms with E-state index >= 15 is 0 Å². The molecule has 0 fully saturated rings. The first-order valence-electron chi connectivity index (χ1n) is 9.84. The average Bonchev–Trinajstić information content (AvgIpc) is 3.08. The summed E-state index contributed by atoms with van der Waals surface area (Å²) in [6.45, 7) is 4.03. The highest BCUT2D eigenvalue weighted by Crippen LogP contribution is 2.33. The average molecular weight is 433 g/mol. The van der Waals surface area contributed by atoms with E-state index in [9.17, 15) is 18.4 Å².